The van der Waals surface area contributed by atoms with Crippen LogP contribution in [0.25, 0.3) is 0 Å². The Morgan fingerprint density at radius 3 is 2.61 bits per heavy atom. The molecule has 0 unspecified atom stereocenters. The topological polar surface area (TPSA) is 36.5 Å². The molecule has 2 aromatic rings. The Morgan fingerprint density at radius 2 is 1.96 bits per heavy atom. The highest BCUT2D eigenvalue weighted by atomic mass is 35.5. The molecule has 0 radical (unpaired) electrons. The fourth-order valence-corrected chi connectivity index (χ4v) is 3.23. The molecule has 3 rings (SSSR count). The van der Waals surface area contributed by atoms with E-state index in [-0.39, 0.29) is 0 Å². The highest BCUT2D eigenvalue weighted by Crippen LogP contribution is 2.35. The Morgan fingerprint density at radius 1 is 1.22 bits per heavy atom. The van der Waals surface area contributed by atoms with Crippen LogP contribution in [0.1, 0.15) is 18.9 Å². The molecule has 0 spiro atoms. The summed E-state index contributed by atoms with van der Waals surface area (Å²) in [5.74, 6) is 0.700. The number of ether oxygens (including phenoxy) is 1. The van der Waals surface area contributed by atoms with E-state index < -0.39 is 5.66 Å². The molecule has 0 aromatic heterocycles. The van der Waals surface area contributed by atoms with E-state index >= 15 is 0 Å². The van der Waals surface area contributed by atoms with Crippen LogP contribution in [0.5, 0.6) is 5.75 Å². The summed E-state index contributed by atoms with van der Waals surface area (Å²) in [6.45, 7) is 2.11. The first-order chi connectivity index (χ1) is 11.1. The number of hydrogen-bond acceptors (Lipinski definition) is 3. The number of methoxy groups -OCH3 is 1. The van der Waals surface area contributed by atoms with Gasteiger partial charge in [0.1, 0.15) is 17.1 Å². The van der Waals surface area contributed by atoms with Crippen LogP contribution in [0, 0.1) is 0 Å². The van der Waals surface area contributed by atoms with Crippen LogP contribution in [-0.2, 0) is 5.66 Å². The maximum absolute atomic E-state index is 6.15. The number of hydrogen-bond donors (Lipinski definition) is 2. The molecule has 0 bridgehead atoms. The van der Waals surface area contributed by atoms with E-state index in [0.717, 1.165) is 17.7 Å². The van der Waals surface area contributed by atoms with Crippen molar-refractivity contribution in [1.82, 2.24) is 10.7 Å². The highest BCUT2D eigenvalue weighted by Gasteiger charge is 2.41. The van der Waals surface area contributed by atoms with Gasteiger partial charge in [-0.25, -0.2) is 5.01 Å². The van der Waals surface area contributed by atoms with Gasteiger partial charge in [0.15, 0.2) is 5.11 Å². The molecule has 6 heteroatoms. The first-order valence-corrected chi connectivity index (χ1v) is 8.17. The summed E-state index contributed by atoms with van der Waals surface area (Å²) in [5, 5.41) is 6.42. The molecular weight excluding hydrogens is 330 g/mol. The molecule has 0 amide bonds. The van der Waals surface area contributed by atoms with Gasteiger partial charge >= 0.3 is 0 Å². The van der Waals surface area contributed by atoms with Crippen molar-refractivity contribution >= 4 is 34.6 Å². The first kappa shape index (κ1) is 16.1. The molecule has 1 saturated heterocycles. The largest absolute Gasteiger partial charge is 0.495 e. The van der Waals surface area contributed by atoms with Crippen molar-refractivity contribution in [3.05, 3.63) is 59.1 Å². The number of rotatable bonds is 4. The number of benzene rings is 2. The lowest BCUT2D eigenvalue weighted by molar-refractivity contribution is 0.335. The van der Waals surface area contributed by atoms with Gasteiger partial charge < -0.3 is 10.1 Å². The van der Waals surface area contributed by atoms with E-state index in [9.17, 15) is 0 Å². The predicted molar refractivity (Wildman–Crippen MR) is 97.8 cm³/mol. The zero-order valence-corrected chi connectivity index (χ0v) is 14.5. The molecule has 1 aliphatic rings. The van der Waals surface area contributed by atoms with Gasteiger partial charge in [-0.05, 0) is 42.4 Å². The number of hydrazine groups is 1. The van der Waals surface area contributed by atoms with Crippen LogP contribution in [0.15, 0.2) is 48.5 Å². The average molecular weight is 348 g/mol. The zero-order chi connectivity index (χ0) is 16.4. The fraction of sp³-hybridized carbons (Fsp3) is 0.235. The summed E-state index contributed by atoms with van der Waals surface area (Å²) in [4.78, 5) is 0. The molecule has 1 aliphatic heterocycles. The van der Waals surface area contributed by atoms with Crippen molar-refractivity contribution in [3.8, 4) is 5.75 Å². The summed E-state index contributed by atoms with van der Waals surface area (Å²) in [5.41, 5.74) is 4.93. The van der Waals surface area contributed by atoms with Gasteiger partial charge in [-0.3, -0.25) is 0 Å². The van der Waals surface area contributed by atoms with Crippen LogP contribution in [0.2, 0.25) is 5.02 Å². The number of thiocarbonyl (C=S) groups is 1. The van der Waals surface area contributed by atoms with Crippen molar-refractivity contribution in [2.24, 2.45) is 0 Å². The van der Waals surface area contributed by atoms with E-state index in [1.54, 1.807) is 13.2 Å². The van der Waals surface area contributed by atoms with Crippen LogP contribution < -0.4 is 20.5 Å². The van der Waals surface area contributed by atoms with Crippen LogP contribution >= 0.6 is 23.8 Å². The molecule has 1 heterocycles. The number of nitrogens with zero attached hydrogens (tertiary/aromatic N) is 1. The van der Waals surface area contributed by atoms with Gasteiger partial charge in [-0.15, -0.1) is 0 Å². The molecular formula is C17H18ClN3OS. The van der Waals surface area contributed by atoms with E-state index in [2.05, 4.69) is 29.8 Å². The average Bonchev–Trinajstić information content (AvgIpc) is 2.93. The van der Waals surface area contributed by atoms with Crippen LogP contribution in [-0.4, -0.2) is 12.2 Å². The molecule has 120 valence electrons. The summed E-state index contributed by atoms with van der Waals surface area (Å²) < 4.78 is 5.44. The normalized spacial score (nSPS) is 20.5. The Balaban J connectivity index is 2.01. The highest BCUT2D eigenvalue weighted by molar-refractivity contribution is 7.80. The van der Waals surface area contributed by atoms with Crippen molar-refractivity contribution in [3.63, 3.8) is 0 Å². The first-order valence-electron chi connectivity index (χ1n) is 7.39. The Bertz CT molecular complexity index is 725. The molecule has 4 nitrogen and oxygen atoms in total. The molecule has 23 heavy (non-hydrogen) atoms. The number of nitrogens with one attached hydrogen (secondary N) is 2. The SMILES string of the molecule is CC[C@]1(c2ccccc2)NC(=S)N(c2cc(Cl)ccc2OC)N1. The molecule has 0 aliphatic carbocycles. The maximum Gasteiger partial charge on any atom is 0.190 e. The quantitative estimate of drug-likeness (QED) is 0.822. The zero-order valence-electron chi connectivity index (χ0n) is 13.0. The maximum atomic E-state index is 6.15. The lowest BCUT2D eigenvalue weighted by atomic mass is 9.98. The second kappa shape index (κ2) is 6.35. The summed E-state index contributed by atoms with van der Waals surface area (Å²) >= 11 is 11.7. The fourth-order valence-electron chi connectivity index (χ4n) is 2.75. The third kappa shape index (κ3) is 2.87. The molecule has 1 fully saturated rings. The van der Waals surface area contributed by atoms with Gasteiger partial charge in [0.2, 0.25) is 0 Å². The lowest BCUT2D eigenvalue weighted by Crippen LogP contribution is -2.48. The monoisotopic (exact) mass is 347 g/mol. The third-order valence-corrected chi connectivity index (χ3v) is 4.52. The molecule has 0 saturated carbocycles. The Labute approximate surface area is 146 Å². The lowest BCUT2D eigenvalue weighted by Gasteiger charge is -2.29. The van der Waals surface area contributed by atoms with E-state index in [1.165, 1.54) is 0 Å². The minimum absolute atomic E-state index is 0.453. The Hall–Kier alpha value is -1.82. The van der Waals surface area contributed by atoms with E-state index in [1.807, 2.05) is 35.3 Å². The van der Waals surface area contributed by atoms with Gasteiger partial charge in [0.05, 0.1) is 7.11 Å². The summed E-state index contributed by atoms with van der Waals surface area (Å²) in [7, 11) is 1.63. The van der Waals surface area contributed by atoms with Gasteiger partial charge in [0, 0.05) is 5.02 Å². The van der Waals surface area contributed by atoms with Crippen molar-refractivity contribution in [1.29, 1.82) is 0 Å². The minimum Gasteiger partial charge on any atom is -0.495 e. The van der Waals surface area contributed by atoms with E-state index in [0.29, 0.717) is 15.9 Å². The van der Waals surface area contributed by atoms with Gasteiger partial charge in [-0.2, -0.15) is 5.43 Å². The van der Waals surface area contributed by atoms with Crippen molar-refractivity contribution in [2.45, 2.75) is 19.0 Å². The standard InChI is InChI=1S/C17H18ClN3OS/c1-3-17(12-7-5-4-6-8-12)19-16(23)21(20-17)14-11-13(18)9-10-15(14)22-2/h4-11,20H,3H2,1-2H3,(H,19,23)/t17-/m0/s1. The van der Waals surface area contributed by atoms with Gasteiger partial charge in [0.25, 0.3) is 0 Å². The third-order valence-electron chi connectivity index (χ3n) is 4.00. The molecule has 1 atom stereocenters. The van der Waals surface area contributed by atoms with Gasteiger partial charge in [-0.1, -0.05) is 48.9 Å². The Kier molecular flexibility index (Phi) is 4.43. The summed E-state index contributed by atoms with van der Waals surface area (Å²) in [6.07, 6.45) is 0.816. The van der Waals surface area contributed by atoms with E-state index in [4.69, 9.17) is 28.6 Å². The molecule has 2 aromatic carbocycles. The minimum atomic E-state index is -0.453. The second-order valence-electron chi connectivity index (χ2n) is 5.32. The number of anilines is 1. The van der Waals surface area contributed by atoms with Crippen LogP contribution in [0.4, 0.5) is 5.69 Å². The van der Waals surface area contributed by atoms with Crippen molar-refractivity contribution < 1.29 is 4.74 Å². The smallest absolute Gasteiger partial charge is 0.190 e. The second-order valence-corrected chi connectivity index (χ2v) is 6.14. The van der Waals surface area contributed by atoms with Crippen LogP contribution in [0.3, 0.4) is 0 Å². The number of halogens is 1. The predicted octanol–water partition coefficient (Wildman–Crippen LogP) is 3.81. The van der Waals surface area contributed by atoms with Crippen molar-refractivity contribution in [2.75, 3.05) is 12.1 Å². The summed E-state index contributed by atoms with van der Waals surface area (Å²) in [6, 6.07) is 15.6. The molecule has 2 N–H and O–H groups in total.